The van der Waals surface area contributed by atoms with Crippen LogP contribution in [0.1, 0.15) is 18.7 Å². The van der Waals surface area contributed by atoms with Crippen LogP contribution in [0.5, 0.6) is 0 Å². The second-order valence-corrected chi connectivity index (χ2v) is 3.57. The molecule has 96 valence electrons. The Morgan fingerprint density at radius 2 is 2.39 bits per heavy atom. The van der Waals surface area contributed by atoms with Crippen LogP contribution < -0.4 is 10.4 Å². The average Bonchev–Trinajstić information content (AvgIpc) is 2.67. The minimum absolute atomic E-state index is 0.152. The van der Waals surface area contributed by atoms with E-state index in [1.807, 2.05) is 0 Å². The van der Waals surface area contributed by atoms with Gasteiger partial charge in [-0.05, 0) is 13.0 Å². The normalized spacial score (nSPS) is 17.4. The molecule has 1 heterocycles. The molecule has 18 heavy (non-hydrogen) atoms. The van der Waals surface area contributed by atoms with Gasteiger partial charge in [0.1, 0.15) is 6.23 Å². The summed E-state index contributed by atoms with van der Waals surface area (Å²) >= 11 is 0. The number of hydrogen-bond acceptors (Lipinski definition) is 6. The second kappa shape index (κ2) is 4.59. The molecule has 0 radical (unpaired) electrons. The van der Waals surface area contributed by atoms with Crippen molar-refractivity contribution in [3.8, 4) is 0 Å². The number of nitro benzene ring substituents is 1. The Bertz CT molecular complexity index is 504. The van der Waals surface area contributed by atoms with Gasteiger partial charge in [-0.25, -0.2) is 9.80 Å². The highest BCUT2D eigenvalue weighted by molar-refractivity contribution is 5.89. The van der Waals surface area contributed by atoms with Crippen molar-refractivity contribution in [1.29, 1.82) is 0 Å². The minimum Gasteiger partial charge on any atom is -0.449 e. The molecule has 1 aliphatic heterocycles. The molecule has 1 atom stereocenters. The molecule has 0 spiro atoms. The van der Waals surface area contributed by atoms with Crippen LogP contribution in [0.3, 0.4) is 0 Å². The third kappa shape index (κ3) is 1.98. The topological polar surface area (TPSA) is 105 Å². The summed E-state index contributed by atoms with van der Waals surface area (Å²) in [6.45, 7) is 1.84. The molecule has 2 rings (SSSR count). The van der Waals surface area contributed by atoms with E-state index in [2.05, 4.69) is 5.43 Å². The smallest absolute Gasteiger partial charge is 0.429 e. The summed E-state index contributed by atoms with van der Waals surface area (Å²) in [6, 6.07) is 3.85. The first-order chi connectivity index (χ1) is 8.54. The fourth-order valence-corrected chi connectivity index (χ4v) is 1.68. The van der Waals surface area contributed by atoms with Crippen molar-refractivity contribution in [3.05, 3.63) is 33.9 Å². The lowest BCUT2D eigenvalue weighted by molar-refractivity contribution is -0.384. The Balaban J connectivity index is 2.36. The van der Waals surface area contributed by atoms with E-state index in [0.29, 0.717) is 5.69 Å². The molecule has 0 saturated carbocycles. The van der Waals surface area contributed by atoms with Crippen molar-refractivity contribution in [2.24, 2.45) is 0 Å². The first kappa shape index (κ1) is 12.3. The van der Waals surface area contributed by atoms with E-state index in [-0.39, 0.29) is 17.9 Å². The molecule has 8 nitrogen and oxygen atoms in total. The molecule has 1 aromatic rings. The van der Waals surface area contributed by atoms with Crippen LogP contribution in [-0.2, 0) is 4.74 Å². The Morgan fingerprint density at radius 1 is 1.67 bits per heavy atom. The van der Waals surface area contributed by atoms with Crippen LogP contribution in [0.15, 0.2) is 18.2 Å². The number of aliphatic hydroxyl groups is 1. The third-order valence-electron chi connectivity index (χ3n) is 2.46. The minimum atomic E-state index is -1.18. The van der Waals surface area contributed by atoms with Crippen LogP contribution in [0.2, 0.25) is 0 Å². The predicted octanol–water partition coefficient (Wildman–Crippen LogP) is 1.07. The Labute approximate surface area is 102 Å². The highest BCUT2D eigenvalue weighted by atomic mass is 16.6. The van der Waals surface area contributed by atoms with Crippen LogP contribution in [0, 0.1) is 10.1 Å². The number of non-ortho nitro benzene ring substituents is 1. The molecule has 0 aliphatic carbocycles. The van der Waals surface area contributed by atoms with Gasteiger partial charge < -0.3 is 9.84 Å². The van der Waals surface area contributed by atoms with Gasteiger partial charge in [0.15, 0.2) is 0 Å². The fraction of sp³-hybridized carbons (Fsp3) is 0.300. The van der Waals surface area contributed by atoms with E-state index in [4.69, 9.17) is 4.74 Å². The molecule has 0 fully saturated rings. The zero-order valence-corrected chi connectivity index (χ0v) is 9.49. The molecule has 0 bridgehead atoms. The molecular formula is C10H11N3O5. The number of aliphatic hydroxyl groups excluding tert-OH is 1. The number of hydrogen-bond donors (Lipinski definition) is 2. The monoisotopic (exact) mass is 253 g/mol. The number of carbonyl (C=O) groups is 1. The van der Waals surface area contributed by atoms with Crippen LogP contribution in [0.25, 0.3) is 0 Å². The van der Waals surface area contributed by atoms with Gasteiger partial charge in [-0.15, -0.1) is 0 Å². The van der Waals surface area contributed by atoms with Crippen molar-refractivity contribution in [2.75, 3.05) is 11.6 Å². The lowest BCUT2D eigenvalue weighted by Crippen LogP contribution is -2.40. The molecule has 2 N–H and O–H groups in total. The maximum absolute atomic E-state index is 11.6. The van der Waals surface area contributed by atoms with Crippen molar-refractivity contribution < 1.29 is 19.6 Å². The van der Waals surface area contributed by atoms with Gasteiger partial charge >= 0.3 is 6.09 Å². The Morgan fingerprint density at radius 3 is 3.00 bits per heavy atom. The zero-order valence-electron chi connectivity index (χ0n) is 9.49. The van der Waals surface area contributed by atoms with Crippen LogP contribution >= 0.6 is 0 Å². The van der Waals surface area contributed by atoms with Crippen LogP contribution in [-0.4, -0.2) is 22.7 Å². The lowest BCUT2D eigenvalue weighted by atomic mass is 10.1. The number of hydrazine groups is 1. The molecule has 8 heteroatoms. The zero-order chi connectivity index (χ0) is 13.3. The van der Waals surface area contributed by atoms with Crippen molar-refractivity contribution in [1.82, 2.24) is 5.43 Å². The largest absolute Gasteiger partial charge is 0.449 e. The number of anilines is 1. The van der Waals surface area contributed by atoms with E-state index in [0.717, 1.165) is 5.01 Å². The number of ether oxygens (including phenoxy) is 1. The quantitative estimate of drug-likeness (QED) is 0.603. The number of nitrogens with one attached hydrogen (secondary N) is 1. The summed E-state index contributed by atoms with van der Waals surface area (Å²) < 4.78 is 4.79. The highest BCUT2D eigenvalue weighted by Crippen LogP contribution is 2.34. The van der Waals surface area contributed by atoms with Gasteiger partial charge in [0.2, 0.25) is 0 Å². The van der Waals surface area contributed by atoms with Gasteiger partial charge in [-0.1, -0.05) is 0 Å². The number of amides is 1. The van der Waals surface area contributed by atoms with E-state index in [1.165, 1.54) is 18.2 Å². The molecule has 1 amide bonds. The molecule has 1 unspecified atom stereocenters. The van der Waals surface area contributed by atoms with Crippen molar-refractivity contribution >= 4 is 17.5 Å². The first-order valence-corrected chi connectivity index (χ1v) is 5.24. The molecule has 0 aromatic heterocycles. The van der Waals surface area contributed by atoms with Crippen molar-refractivity contribution in [3.63, 3.8) is 0 Å². The van der Waals surface area contributed by atoms with Crippen LogP contribution in [0.4, 0.5) is 16.2 Å². The summed E-state index contributed by atoms with van der Waals surface area (Å²) in [5, 5.41) is 21.3. The van der Waals surface area contributed by atoms with Gasteiger partial charge in [-0.3, -0.25) is 10.1 Å². The standard InChI is InChI=1S/C10H11N3O5/c1-2-18-10(15)12-8-4-3-6(13(16)17)5-7(8)9(14)11-12/h3-5,9,11,14H,2H2,1H3. The molecule has 1 aromatic carbocycles. The maximum atomic E-state index is 11.6. The number of carbonyl (C=O) groups excluding carboxylic acids is 1. The van der Waals surface area contributed by atoms with Gasteiger partial charge in [-0.2, -0.15) is 5.43 Å². The first-order valence-electron chi connectivity index (χ1n) is 5.24. The highest BCUT2D eigenvalue weighted by Gasteiger charge is 2.33. The van der Waals surface area contributed by atoms with E-state index in [1.54, 1.807) is 6.92 Å². The maximum Gasteiger partial charge on any atom is 0.429 e. The third-order valence-corrected chi connectivity index (χ3v) is 2.46. The summed E-state index contributed by atoms with van der Waals surface area (Å²) in [7, 11) is 0. The van der Waals surface area contributed by atoms with Crippen molar-refractivity contribution in [2.45, 2.75) is 13.2 Å². The van der Waals surface area contributed by atoms with Gasteiger partial charge in [0.25, 0.3) is 5.69 Å². The summed E-state index contributed by atoms with van der Waals surface area (Å²) in [6.07, 6.45) is -1.85. The molecule has 0 saturated heterocycles. The predicted molar refractivity (Wildman–Crippen MR) is 60.7 cm³/mol. The number of rotatable bonds is 2. The second-order valence-electron chi connectivity index (χ2n) is 3.57. The number of benzene rings is 1. The fourth-order valence-electron chi connectivity index (χ4n) is 1.68. The van der Waals surface area contributed by atoms with E-state index < -0.39 is 17.2 Å². The summed E-state index contributed by atoms with van der Waals surface area (Å²) in [4.78, 5) is 21.6. The molecule has 1 aliphatic rings. The number of nitrogens with zero attached hydrogens (tertiary/aromatic N) is 2. The number of fused-ring (bicyclic) bond motifs is 1. The average molecular weight is 253 g/mol. The number of nitro groups is 1. The Hall–Kier alpha value is -2.19. The van der Waals surface area contributed by atoms with E-state index in [9.17, 15) is 20.0 Å². The van der Waals surface area contributed by atoms with Gasteiger partial charge in [0.05, 0.1) is 17.2 Å². The summed E-state index contributed by atoms with van der Waals surface area (Å²) in [5.74, 6) is 0. The molecular weight excluding hydrogens is 242 g/mol. The summed E-state index contributed by atoms with van der Waals surface area (Å²) in [5.41, 5.74) is 2.91. The lowest BCUT2D eigenvalue weighted by Gasteiger charge is -2.16. The van der Waals surface area contributed by atoms with Gasteiger partial charge in [0, 0.05) is 17.7 Å². The van der Waals surface area contributed by atoms with E-state index >= 15 is 0 Å². The SMILES string of the molecule is CCOC(=O)N1NC(O)c2cc([N+](=O)[O-])ccc21. The Kier molecular flexibility index (Phi) is 3.13.